The van der Waals surface area contributed by atoms with Crippen LogP contribution in [0.15, 0.2) is 36.4 Å². The SMILES string of the molecule is Cc1ccc(C(C)C)c(OCCN(CCCl)CCOc2cc(C)ccc2C(C)C)c1.Cl. The highest BCUT2D eigenvalue weighted by atomic mass is 35.5. The van der Waals surface area contributed by atoms with Crippen molar-refractivity contribution in [3.8, 4) is 11.5 Å². The first kappa shape index (κ1) is 27.6. The second-order valence-electron chi connectivity index (χ2n) is 8.62. The Morgan fingerprint density at radius 2 is 1.16 bits per heavy atom. The molecule has 0 amide bonds. The molecule has 0 N–H and O–H groups in total. The molecule has 2 rings (SSSR count). The minimum absolute atomic E-state index is 0. The number of hydrogen-bond donors (Lipinski definition) is 0. The van der Waals surface area contributed by atoms with Crippen molar-refractivity contribution in [3.05, 3.63) is 58.7 Å². The Kier molecular flexibility index (Phi) is 12.4. The summed E-state index contributed by atoms with van der Waals surface area (Å²) in [5, 5.41) is 0. The zero-order valence-corrected chi connectivity index (χ0v) is 21.5. The van der Waals surface area contributed by atoms with Crippen LogP contribution in [0.1, 0.15) is 61.8 Å². The molecule has 2 aromatic carbocycles. The molecule has 0 aromatic heterocycles. The summed E-state index contributed by atoms with van der Waals surface area (Å²) in [7, 11) is 0. The first-order chi connectivity index (χ1) is 14.3. The predicted octanol–water partition coefficient (Wildman–Crippen LogP) is 6.97. The number of halogens is 2. The molecule has 31 heavy (non-hydrogen) atoms. The summed E-state index contributed by atoms with van der Waals surface area (Å²) in [6, 6.07) is 12.9. The molecule has 174 valence electrons. The van der Waals surface area contributed by atoms with E-state index < -0.39 is 0 Å². The van der Waals surface area contributed by atoms with Crippen LogP contribution in [-0.2, 0) is 0 Å². The first-order valence-electron chi connectivity index (χ1n) is 11.1. The normalized spacial score (nSPS) is 11.2. The van der Waals surface area contributed by atoms with Gasteiger partial charge < -0.3 is 9.47 Å². The van der Waals surface area contributed by atoms with E-state index in [0.29, 0.717) is 30.9 Å². The molecule has 0 atom stereocenters. The fourth-order valence-electron chi connectivity index (χ4n) is 3.51. The van der Waals surface area contributed by atoms with E-state index in [4.69, 9.17) is 21.1 Å². The molecule has 0 unspecified atom stereocenters. The molecule has 2 aromatic rings. The Morgan fingerprint density at radius 1 is 0.742 bits per heavy atom. The number of alkyl halides is 1. The second-order valence-corrected chi connectivity index (χ2v) is 9.00. The van der Waals surface area contributed by atoms with Crippen LogP contribution >= 0.6 is 24.0 Å². The van der Waals surface area contributed by atoms with Crippen molar-refractivity contribution in [2.45, 2.75) is 53.4 Å². The van der Waals surface area contributed by atoms with E-state index in [0.717, 1.165) is 31.1 Å². The zero-order valence-electron chi connectivity index (χ0n) is 19.9. The standard InChI is InChI=1S/C26H38ClNO2.ClH/c1-19(2)23-9-7-21(5)17-25(23)29-15-13-28(12-11-27)14-16-30-26-18-22(6)8-10-24(26)20(3)4;/h7-10,17-20H,11-16H2,1-6H3;1H. The Morgan fingerprint density at radius 3 is 1.52 bits per heavy atom. The van der Waals surface area contributed by atoms with Crippen LogP contribution in [0.2, 0.25) is 0 Å². The number of aryl methyl sites for hydroxylation is 2. The summed E-state index contributed by atoms with van der Waals surface area (Å²) < 4.78 is 12.3. The molecular weight excluding hydrogens is 429 g/mol. The number of rotatable bonds is 12. The summed E-state index contributed by atoms with van der Waals surface area (Å²) >= 11 is 6.04. The third kappa shape index (κ3) is 8.92. The Labute approximate surface area is 200 Å². The van der Waals surface area contributed by atoms with Gasteiger partial charge in [0.2, 0.25) is 0 Å². The fraction of sp³-hybridized carbons (Fsp3) is 0.538. The highest BCUT2D eigenvalue weighted by Crippen LogP contribution is 2.28. The van der Waals surface area contributed by atoms with Crippen molar-refractivity contribution in [2.75, 3.05) is 38.7 Å². The molecular formula is C26H39Cl2NO2. The Hall–Kier alpha value is -1.42. The van der Waals surface area contributed by atoms with Crippen molar-refractivity contribution < 1.29 is 9.47 Å². The summed E-state index contributed by atoms with van der Waals surface area (Å²) in [6.07, 6.45) is 0. The van der Waals surface area contributed by atoms with Crippen molar-refractivity contribution in [1.82, 2.24) is 4.90 Å². The van der Waals surface area contributed by atoms with Crippen LogP contribution in [0.25, 0.3) is 0 Å². The predicted molar refractivity (Wildman–Crippen MR) is 136 cm³/mol. The minimum Gasteiger partial charge on any atom is -0.492 e. The van der Waals surface area contributed by atoms with Gasteiger partial charge in [0.1, 0.15) is 24.7 Å². The molecule has 0 spiro atoms. The van der Waals surface area contributed by atoms with Gasteiger partial charge in [-0.25, -0.2) is 0 Å². The summed E-state index contributed by atoms with van der Waals surface area (Å²) in [4.78, 5) is 2.31. The van der Waals surface area contributed by atoms with E-state index in [1.54, 1.807) is 0 Å². The molecule has 0 saturated carbocycles. The van der Waals surface area contributed by atoms with E-state index in [1.807, 2.05) is 0 Å². The van der Waals surface area contributed by atoms with E-state index in [-0.39, 0.29) is 12.4 Å². The lowest BCUT2D eigenvalue weighted by Crippen LogP contribution is -2.34. The maximum Gasteiger partial charge on any atom is 0.123 e. The highest BCUT2D eigenvalue weighted by Gasteiger charge is 2.12. The van der Waals surface area contributed by atoms with Gasteiger partial charge in [0.15, 0.2) is 0 Å². The molecule has 0 fully saturated rings. The fourth-order valence-corrected chi connectivity index (χ4v) is 3.75. The van der Waals surface area contributed by atoms with Crippen molar-refractivity contribution in [1.29, 1.82) is 0 Å². The monoisotopic (exact) mass is 467 g/mol. The average Bonchev–Trinajstić information content (AvgIpc) is 2.67. The van der Waals surface area contributed by atoms with Crippen molar-refractivity contribution in [3.63, 3.8) is 0 Å². The molecule has 0 aliphatic carbocycles. The van der Waals surface area contributed by atoms with Gasteiger partial charge in [-0.05, 0) is 60.1 Å². The van der Waals surface area contributed by atoms with E-state index in [9.17, 15) is 0 Å². The van der Waals surface area contributed by atoms with Crippen molar-refractivity contribution >= 4 is 24.0 Å². The first-order valence-corrected chi connectivity index (χ1v) is 11.6. The van der Waals surface area contributed by atoms with E-state index in [1.165, 1.54) is 22.3 Å². The van der Waals surface area contributed by atoms with Crippen molar-refractivity contribution in [2.24, 2.45) is 0 Å². The number of benzene rings is 2. The smallest absolute Gasteiger partial charge is 0.123 e. The summed E-state index contributed by atoms with van der Waals surface area (Å²) in [5.74, 6) is 3.47. The van der Waals surface area contributed by atoms with E-state index in [2.05, 4.69) is 82.8 Å². The van der Waals surface area contributed by atoms with Gasteiger partial charge in [-0.1, -0.05) is 52.0 Å². The van der Waals surface area contributed by atoms with Crippen LogP contribution in [0.4, 0.5) is 0 Å². The van der Waals surface area contributed by atoms with Crippen LogP contribution < -0.4 is 9.47 Å². The molecule has 0 radical (unpaired) electrons. The van der Waals surface area contributed by atoms with Gasteiger partial charge >= 0.3 is 0 Å². The van der Waals surface area contributed by atoms with Gasteiger partial charge in [0, 0.05) is 25.5 Å². The summed E-state index contributed by atoms with van der Waals surface area (Å²) in [5.41, 5.74) is 4.96. The average molecular weight is 469 g/mol. The van der Waals surface area contributed by atoms with E-state index >= 15 is 0 Å². The van der Waals surface area contributed by atoms with Crippen LogP contribution in [0.5, 0.6) is 11.5 Å². The van der Waals surface area contributed by atoms with Crippen LogP contribution in [0.3, 0.4) is 0 Å². The molecule has 0 aliphatic rings. The topological polar surface area (TPSA) is 21.7 Å². The quantitative estimate of drug-likeness (QED) is 0.314. The highest BCUT2D eigenvalue weighted by molar-refractivity contribution is 6.18. The third-order valence-corrected chi connectivity index (χ3v) is 5.48. The van der Waals surface area contributed by atoms with Gasteiger partial charge in [-0.15, -0.1) is 24.0 Å². The summed E-state index contributed by atoms with van der Waals surface area (Å²) in [6.45, 7) is 16.8. The van der Waals surface area contributed by atoms with Gasteiger partial charge in [0.25, 0.3) is 0 Å². The molecule has 5 heteroatoms. The maximum absolute atomic E-state index is 6.16. The number of nitrogens with zero attached hydrogens (tertiary/aromatic N) is 1. The van der Waals surface area contributed by atoms with Gasteiger partial charge in [-0.3, -0.25) is 4.90 Å². The number of ether oxygens (including phenoxy) is 2. The zero-order chi connectivity index (χ0) is 22.1. The van der Waals surface area contributed by atoms with Gasteiger partial charge in [0.05, 0.1) is 0 Å². The Bertz CT molecular complexity index is 729. The molecule has 0 heterocycles. The molecule has 3 nitrogen and oxygen atoms in total. The molecule has 0 aliphatic heterocycles. The Balaban J connectivity index is 0.00000480. The van der Waals surface area contributed by atoms with Crippen LogP contribution in [-0.4, -0.2) is 43.6 Å². The third-order valence-electron chi connectivity index (χ3n) is 5.31. The maximum atomic E-state index is 6.16. The van der Waals surface area contributed by atoms with Crippen LogP contribution in [0, 0.1) is 13.8 Å². The minimum atomic E-state index is 0. The largest absolute Gasteiger partial charge is 0.492 e. The van der Waals surface area contributed by atoms with Gasteiger partial charge in [-0.2, -0.15) is 0 Å². The second kappa shape index (κ2) is 13.9. The lowest BCUT2D eigenvalue weighted by molar-refractivity contribution is 0.182. The number of hydrogen-bond acceptors (Lipinski definition) is 3. The lowest BCUT2D eigenvalue weighted by Gasteiger charge is -2.23. The lowest BCUT2D eigenvalue weighted by atomic mass is 10.0. The molecule has 0 saturated heterocycles. The molecule has 0 bridgehead atoms.